The van der Waals surface area contributed by atoms with Crippen molar-refractivity contribution < 1.29 is 9.53 Å². The predicted octanol–water partition coefficient (Wildman–Crippen LogP) is 3.16. The lowest BCUT2D eigenvalue weighted by Gasteiger charge is -2.12. The number of ether oxygens (including phenoxy) is 1. The van der Waals surface area contributed by atoms with Crippen LogP contribution < -0.4 is 0 Å². The maximum atomic E-state index is 11.2. The van der Waals surface area contributed by atoms with Gasteiger partial charge in [0.15, 0.2) is 0 Å². The third-order valence-electron chi connectivity index (χ3n) is 2.30. The van der Waals surface area contributed by atoms with Crippen molar-refractivity contribution in [2.75, 3.05) is 6.61 Å². The van der Waals surface area contributed by atoms with Crippen molar-refractivity contribution in [2.24, 2.45) is 5.92 Å². The number of carbonyl (C=O) groups is 1. The van der Waals surface area contributed by atoms with E-state index in [9.17, 15) is 4.79 Å². The molecule has 2 heteroatoms. The summed E-state index contributed by atoms with van der Waals surface area (Å²) in [6.07, 6.45) is 5.27. The molecule has 0 aromatic carbocycles. The third-order valence-corrected chi connectivity index (χ3v) is 2.30. The zero-order chi connectivity index (χ0) is 10.1. The molecule has 0 aliphatic carbocycles. The van der Waals surface area contributed by atoms with Crippen LogP contribution in [0.1, 0.15) is 52.9 Å². The fourth-order valence-electron chi connectivity index (χ4n) is 1.40. The summed E-state index contributed by atoms with van der Waals surface area (Å²) in [7, 11) is 0. The van der Waals surface area contributed by atoms with Gasteiger partial charge in [0.05, 0.1) is 6.61 Å². The quantitative estimate of drug-likeness (QED) is 0.571. The van der Waals surface area contributed by atoms with Gasteiger partial charge >= 0.3 is 5.97 Å². The fraction of sp³-hybridized carbons (Fsp3) is 0.909. The minimum absolute atomic E-state index is 0.0366. The van der Waals surface area contributed by atoms with Crippen LogP contribution >= 0.6 is 0 Å². The lowest BCUT2D eigenvalue weighted by molar-refractivity contribution is -0.144. The van der Waals surface area contributed by atoms with Crippen LogP contribution in [0.3, 0.4) is 0 Å². The van der Waals surface area contributed by atoms with E-state index in [1.807, 2.05) is 6.92 Å². The summed E-state index contributed by atoms with van der Waals surface area (Å²) in [5.74, 6) is 0.490. The Hall–Kier alpha value is -0.530. The van der Waals surface area contributed by atoms with E-state index >= 15 is 0 Å². The third kappa shape index (κ3) is 6.62. The van der Waals surface area contributed by atoms with Gasteiger partial charge in [-0.1, -0.05) is 33.1 Å². The summed E-state index contributed by atoms with van der Waals surface area (Å²) in [4.78, 5) is 11.2. The molecule has 0 radical (unpaired) electrons. The Kier molecular flexibility index (Phi) is 7.76. The monoisotopic (exact) mass is 186 g/mol. The molecule has 0 saturated heterocycles. The molecular formula is C11H22O2. The molecule has 0 saturated carbocycles. The molecule has 0 unspecified atom stereocenters. The Labute approximate surface area is 81.7 Å². The Bertz CT molecular complexity index is 132. The highest BCUT2D eigenvalue weighted by Crippen LogP contribution is 2.16. The molecule has 0 N–H and O–H groups in total. The van der Waals surface area contributed by atoms with Gasteiger partial charge in [-0.15, -0.1) is 0 Å². The van der Waals surface area contributed by atoms with Crippen LogP contribution in [-0.2, 0) is 9.53 Å². The average molecular weight is 186 g/mol. The van der Waals surface area contributed by atoms with Crippen LogP contribution in [-0.4, -0.2) is 12.6 Å². The molecule has 0 aromatic rings. The number of hydrogen-bond donors (Lipinski definition) is 0. The van der Waals surface area contributed by atoms with E-state index < -0.39 is 0 Å². The molecule has 0 amide bonds. The molecule has 0 rings (SSSR count). The average Bonchev–Trinajstić information content (AvgIpc) is 2.12. The molecule has 0 heterocycles. The molecule has 0 aromatic heterocycles. The maximum Gasteiger partial charge on any atom is 0.306 e. The van der Waals surface area contributed by atoms with E-state index in [-0.39, 0.29) is 5.97 Å². The first-order chi connectivity index (χ1) is 6.24. The second-order valence-electron chi connectivity index (χ2n) is 3.43. The van der Waals surface area contributed by atoms with Crippen molar-refractivity contribution in [1.29, 1.82) is 0 Å². The molecule has 13 heavy (non-hydrogen) atoms. The highest BCUT2D eigenvalue weighted by molar-refractivity contribution is 5.69. The first kappa shape index (κ1) is 12.5. The number of rotatable bonds is 7. The smallest absolute Gasteiger partial charge is 0.306 e. The molecular weight excluding hydrogens is 164 g/mol. The van der Waals surface area contributed by atoms with Gasteiger partial charge < -0.3 is 4.74 Å². The predicted molar refractivity (Wildman–Crippen MR) is 54.6 cm³/mol. The zero-order valence-electron chi connectivity index (χ0n) is 9.14. The van der Waals surface area contributed by atoms with E-state index in [2.05, 4.69) is 13.8 Å². The van der Waals surface area contributed by atoms with Crippen LogP contribution in [0.2, 0.25) is 0 Å². The Morgan fingerprint density at radius 1 is 1.31 bits per heavy atom. The van der Waals surface area contributed by atoms with Gasteiger partial charge in [0, 0.05) is 6.42 Å². The van der Waals surface area contributed by atoms with Crippen LogP contribution in [0.15, 0.2) is 0 Å². The standard InChI is InChI=1S/C11H22O2/c1-4-7-8-10(5-2)9-11(12)13-6-3/h10H,4-9H2,1-3H3/t10-/m1/s1. The largest absolute Gasteiger partial charge is 0.466 e. The summed E-state index contributed by atoms with van der Waals surface area (Å²) < 4.78 is 4.92. The molecule has 0 aliphatic rings. The first-order valence-electron chi connectivity index (χ1n) is 5.40. The Morgan fingerprint density at radius 3 is 2.46 bits per heavy atom. The first-order valence-corrected chi connectivity index (χ1v) is 5.40. The summed E-state index contributed by atoms with van der Waals surface area (Å²) in [6.45, 7) is 6.67. The summed E-state index contributed by atoms with van der Waals surface area (Å²) in [5.41, 5.74) is 0. The van der Waals surface area contributed by atoms with Crippen molar-refractivity contribution in [1.82, 2.24) is 0 Å². The van der Waals surface area contributed by atoms with E-state index in [0.29, 0.717) is 18.9 Å². The molecule has 0 aliphatic heterocycles. The van der Waals surface area contributed by atoms with Crippen molar-refractivity contribution in [2.45, 2.75) is 52.9 Å². The van der Waals surface area contributed by atoms with Gasteiger partial charge in [-0.05, 0) is 19.3 Å². The Balaban J connectivity index is 3.62. The fourth-order valence-corrected chi connectivity index (χ4v) is 1.40. The van der Waals surface area contributed by atoms with Gasteiger partial charge in [-0.25, -0.2) is 0 Å². The number of esters is 1. The SMILES string of the molecule is CCCC[C@@H](CC)CC(=O)OCC. The highest BCUT2D eigenvalue weighted by atomic mass is 16.5. The van der Waals surface area contributed by atoms with Gasteiger partial charge in [0.2, 0.25) is 0 Å². The number of hydrogen-bond acceptors (Lipinski definition) is 2. The minimum atomic E-state index is -0.0366. The maximum absolute atomic E-state index is 11.2. The van der Waals surface area contributed by atoms with Gasteiger partial charge in [-0.3, -0.25) is 4.79 Å². The van der Waals surface area contributed by atoms with Gasteiger partial charge in [0.1, 0.15) is 0 Å². The summed E-state index contributed by atoms with van der Waals surface area (Å²) in [6, 6.07) is 0. The van der Waals surface area contributed by atoms with Crippen molar-refractivity contribution in [3.05, 3.63) is 0 Å². The van der Waals surface area contributed by atoms with Crippen LogP contribution in [0.5, 0.6) is 0 Å². The molecule has 0 fully saturated rings. The van der Waals surface area contributed by atoms with Gasteiger partial charge in [-0.2, -0.15) is 0 Å². The number of unbranched alkanes of at least 4 members (excludes halogenated alkanes) is 1. The minimum Gasteiger partial charge on any atom is -0.466 e. The van der Waals surface area contributed by atoms with Gasteiger partial charge in [0.25, 0.3) is 0 Å². The van der Waals surface area contributed by atoms with Crippen LogP contribution in [0.25, 0.3) is 0 Å². The van der Waals surface area contributed by atoms with Crippen molar-refractivity contribution in [3.8, 4) is 0 Å². The number of carbonyl (C=O) groups excluding carboxylic acids is 1. The van der Waals surface area contributed by atoms with E-state index in [0.717, 1.165) is 12.8 Å². The normalized spacial score (nSPS) is 12.5. The summed E-state index contributed by atoms with van der Waals surface area (Å²) in [5, 5.41) is 0. The van der Waals surface area contributed by atoms with E-state index in [4.69, 9.17) is 4.74 Å². The molecule has 2 nitrogen and oxygen atoms in total. The molecule has 0 spiro atoms. The topological polar surface area (TPSA) is 26.3 Å². The second kappa shape index (κ2) is 8.09. The molecule has 78 valence electrons. The van der Waals surface area contributed by atoms with Crippen molar-refractivity contribution in [3.63, 3.8) is 0 Å². The van der Waals surface area contributed by atoms with E-state index in [1.165, 1.54) is 12.8 Å². The zero-order valence-corrected chi connectivity index (χ0v) is 9.14. The van der Waals surface area contributed by atoms with E-state index in [1.54, 1.807) is 0 Å². The lowest BCUT2D eigenvalue weighted by atomic mass is 9.96. The van der Waals surface area contributed by atoms with Crippen molar-refractivity contribution >= 4 is 5.97 Å². The Morgan fingerprint density at radius 2 is 2.00 bits per heavy atom. The molecule has 1 atom stereocenters. The second-order valence-corrected chi connectivity index (χ2v) is 3.43. The van der Waals surface area contributed by atoms with Crippen LogP contribution in [0, 0.1) is 5.92 Å². The summed E-state index contributed by atoms with van der Waals surface area (Å²) >= 11 is 0. The highest BCUT2D eigenvalue weighted by Gasteiger charge is 2.11. The molecule has 0 bridgehead atoms. The van der Waals surface area contributed by atoms with Crippen LogP contribution in [0.4, 0.5) is 0 Å². The lowest BCUT2D eigenvalue weighted by Crippen LogP contribution is -2.11.